The molecule has 8 heteroatoms. The minimum Gasteiger partial charge on any atom is -0.497 e. The molecule has 1 amide bonds. The number of benzene rings is 2. The van der Waals surface area contributed by atoms with Gasteiger partial charge in [0.1, 0.15) is 16.5 Å². The summed E-state index contributed by atoms with van der Waals surface area (Å²) in [6.07, 6.45) is 0.673. The second kappa shape index (κ2) is 10.0. The van der Waals surface area contributed by atoms with Crippen LogP contribution in [0.2, 0.25) is 0 Å². The van der Waals surface area contributed by atoms with E-state index in [4.69, 9.17) is 24.2 Å². The SMILES string of the molecule is COc1ccc(-c2nc3c(c(SC(C)C(=O)Nc4cccc(OC)c4)n2)COC(C)(C)C3)cc1. The third-order valence-electron chi connectivity index (χ3n) is 5.60. The predicted molar refractivity (Wildman–Crippen MR) is 134 cm³/mol. The van der Waals surface area contributed by atoms with Gasteiger partial charge >= 0.3 is 0 Å². The Hall–Kier alpha value is -3.10. The number of carbonyl (C=O) groups is 1. The summed E-state index contributed by atoms with van der Waals surface area (Å²) >= 11 is 1.41. The molecule has 4 rings (SSSR count). The molecule has 34 heavy (non-hydrogen) atoms. The Morgan fingerprint density at radius 3 is 2.53 bits per heavy atom. The number of thioether (sulfide) groups is 1. The molecule has 1 atom stereocenters. The van der Waals surface area contributed by atoms with Crippen molar-refractivity contribution in [3.8, 4) is 22.9 Å². The fraction of sp³-hybridized carbons (Fsp3) is 0.346. The number of fused-ring (bicyclic) bond motifs is 1. The van der Waals surface area contributed by atoms with Gasteiger partial charge in [-0.05, 0) is 57.2 Å². The number of anilines is 1. The molecule has 0 bridgehead atoms. The van der Waals surface area contributed by atoms with Crippen LogP contribution in [0.1, 0.15) is 32.0 Å². The highest BCUT2D eigenvalue weighted by Crippen LogP contribution is 2.36. The van der Waals surface area contributed by atoms with E-state index in [2.05, 4.69) is 19.2 Å². The molecule has 178 valence electrons. The van der Waals surface area contributed by atoms with Crippen molar-refractivity contribution in [2.75, 3.05) is 19.5 Å². The van der Waals surface area contributed by atoms with E-state index in [0.29, 0.717) is 30.3 Å². The van der Waals surface area contributed by atoms with Crippen molar-refractivity contribution in [1.82, 2.24) is 9.97 Å². The first-order valence-corrected chi connectivity index (χ1v) is 12.0. The molecule has 0 fully saturated rings. The monoisotopic (exact) mass is 479 g/mol. The highest BCUT2D eigenvalue weighted by Gasteiger charge is 2.31. The molecule has 0 saturated carbocycles. The van der Waals surface area contributed by atoms with Gasteiger partial charge in [0.25, 0.3) is 0 Å². The first-order valence-electron chi connectivity index (χ1n) is 11.1. The van der Waals surface area contributed by atoms with Crippen LogP contribution in [0.4, 0.5) is 5.69 Å². The molecule has 0 radical (unpaired) electrons. The summed E-state index contributed by atoms with van der Waals surface area (Å²) in [5, 5.41) is 3.34. The van der Waals surface area contributed by atoms with Crippen molar-refractivity contribution < 1.29 is 19.0 Å². The van der Waals surface area contributed by atoms with Crippen LogP contribution in [0.3, 0.4) is 0 Å². The fourth-order valence-corrected chi connectivity index (χ4v) is 4.61. The summed E-state index contributed by atoms with van der Waals surface area (Å²) < 4.78 is 16.6. The lowest BCUT2D eigenvalue weighted by atomic mass is 9.96. The van der Waals surface area contributed by atoms with Gasteiger partial charge in [0, 0.05) is 29.3 Å². The third kappa shape index (κ3) is 5.51. The van der Waals surface area contributed by atoms with Gasteiger partial charge in [-0.1, -0.05) is 17.8 Å². The average molecular weight is 480 g/mol. The normalized spacial score (nSPS) is 15.2. The zero-order chi connectivity index (χ0) is 24.3. The fourth-order valence-electron chi connectivity index (χ4n) is 3.65. The van der Waals surface area contributed by atoms with Crippen LogP contribution in [-0.2, 0) is 22.6 Å². The van der Waals surface area contributed by atoms with Crippen LogP contribution in [0.15, 0.2) is 53.6 Å². The molecule has 2 heterocycles. The Morgan fingerprint density at radius 1 is 1.09 bits per heavy atom. The van der Waals surface area contributed by atoms with Crippen molar-refractivity contribution in [1.29, 1.82) is 0 Å². The number of carbonyl (C=O) groups excluding carboxylic acids is 1. The number of rotatable bonds is 7. The molecule has 3 aromatic rings. The second-order valence-corrected chi connectivity index (χ2v) is 10.0. The molecule has 2 aromatic carbocycles. The van der Waals surface area contributed by atoms with E-state index < -0.39 is 0 Å². The summed E-state index contributed by atoms with van der Waals surface area (Å²) in [6, 6.07) is 15.0. The maximum atomic E-state index is 13.0. The number of ether oxygens (including phenoxy) is 3. The van der Waals surface area contributed by atoms with Gasteiger partial charge < -0.3 is 19.5 Å². The van der Waals surface area contributed by atoms with Gasteiger partial charge in [-0.15, -0.1) is 0 Å². The van der Waals surface area contributed by atoms with Crippen molar-refractivity contribution in [3.05, 3.63) is 59.8 Å². The van der Waals surface area contributed by atoms with Crippen LogP contribution in [0, 0.1) is 0 Å². The number of aromatic nitrogens is 2. The maximum Gasteiger partial charge on any atom is 0.237 e. The predicted octanol–water partition coefficient (Wildman–Crippen LogP) is 5.13. The minimum absolute atomic E-state index is 0.117. The molecule has 1 aromatic heterocycles. The average Bonchev–Trinajstić information content (AvgIpc) is 2.83. The van der Waals surface area contributed by atoms with E-state index >= 15 is 0 Å². The molecular formula is C26H29N3O4S. The highest BCUT2D eigenvalue weighted by molar-refractivity contribution is 8.00. The lowest BCUT2D eigenvalue weighted by Crippen LogP contribution is -2.33. The summed E-state index contributed by atoms with van der Waals surface area (Å²) in [6.45, 7) is 6.40. The van der Waals surface area contributed by atoms with E-state index in [9.17, 15) is 4.79 Å². The van der Waals surface area contributed by atoms with Gasteiger partial charge in [-0.25, -0.2) is 9.97 Å². The summed E-state index contributed by atoms with van der Waals surface area (Å²) in [7, 11) is 3.24. The molecule has 0 spiro atoms. The van der Waals surface area contributed by atoms with E-state index in [0.717, 1.165) is 27.6 Å². The number of methoxy groups -OCH3 is 2. The number of hydrogen-bond donors (Lipinski definition) is 1. The summed E-state index contributed by atoms with van der Waals surface area (Å²) in [5.74, 6) is 1.97. The maximum absolute atomic E-state index is 13.0. The first kappa shape index (κ1) is 24.0. The molecule has 0 saturated heterocycles. The van der Waals surface area contributed by atoms with Gasteiger partial charge in [0.2, 0.25) is 5.91 Å². The molecule has 1 N–H and O–H groups in total. The lowest BCUT2D eigenvalue weighted by molar-refractivity contribution is -0.115. The van der Waals surface area contributed by atoms with E-state index in [1.54, 1.807) is 20.3 Å². The minimum atomic E-state index is -0.385. The van der Waals surface area contributed by atoms with Crippen LogP contribution < -0.4 is 14.8 Å². The lowest BCUT2D eigenvalue weighted by Gasteiger charge is -2.32. The van der Waals surface area contributed by atoms with Crippen molar-refractivity contribution in [2.24, 2.45) is 0 Å². The van der Waals surface area contributed by atoms with E-state index in [1.165, 1.54) is 11.8 Å². The molecule has 1 aliphatic rings. The first-order chi connectivity index (χ1) is 16.3. The highest BCUT2D eigenvalue weighted by atomic mass is 32.2. The molecular weight excluding hydrogens is 450 g/mol. The van der Waals surface area contributed by atoms with Crippen molar-refractivity contribution >= 4 is 23.4 Å². The Labute approximate surface area is 204 Å². The summed E-state index contributed by atoms with van der Waals surface area (Å²) in [4.78, 5) is 22.7. The number of nitrogens with one attached hydrogen (secondary N) is 1. The molecule has 1 unspecified atom stereocenters. The van der Waals surface area contributed by atoms with Crippen molar-refractivity contribution in [2.45, 2.75) is 49.7 Å². The number of nitrogens with zero attached hydrogens (tertiary/aromatic N) is 2. The van der Waals surface area contributed by atoms with Crippen LogP contribution in [0.5, 0.6) is 11.5 Å². The van der Waals surface area contributed by atoms with Gasteiger partial charge in [-0.2, -0.15) is 0 Å². The zero-order valence-electron chi connectivity index (χ0n) is 20.0. The topological polar surface area (TPSA) is 82.6 Å². The number of amides is 1. The Bertz CT molecular complexity index is 1180. The Morgan fingerprint density at radius 2 is 1.82 bits per heavy atom. The van der Waals surface area contributed by atoms with Crippen LogP contribution in [-0.4, -0.2) is 40.9 Å². The van der Waals surface area contributed by atoms with Gasteiger partial charge in [-0.3, -0.25) is 4.79 Å². The Balaban J connectivity index is 1.62. The largest absolute Gasteiger partial charge is 0.497 e. The summed E-state index contributed by atoms with van der Waals surface area (Å²) in [5.41, 5.74) is 3.17. The zero-order valence-corrected chi connectivity index (χ0v) is 20.9. The van der Waals surface area contributed by atoms with Gasteiger partial charge in [0.05, 0.1) is 37.4 Å². The molecule has 0 aliphatic carbocycles. The van der Waals surface area contributed by atoms with Crippen molar-refractivity contribution in [3.63, 3.8) is 0 Å². The molecule has 7 nitrogen and oxygen atoms in total. The molecule has 1 aliphatic heterocycles. The van der Waals surface area contributed by atoms with Gasteiger partial charge in [0.15, 0.2) is 5.82 Å². The van der Waals surface area contributed by atoms with E-state index in [-0.39, 0.29) is 16.8 Å². The smallest absolute Gasteiger partial charge is 0.237 e. The third-order valence-corrected chi connectivity index (χ3v) is 6.73. The standard InChI is InChI=1S/C26H29N3O4S/c1-16(24(30)27-18-7-6-8-20(13-18)32-5)34-25-21-15-33-26(2,3)14-22(21)28-23(29-25)17-9-11-19(31-4)12-10-17/h6-13,16H,14-15H2,1-5H3,(H,27,30). The quantitative estimate of drug-likeness (QED) is 0.371. The Kier molecular flexibility index (Phi) is 7.09. The number of hydrogen-bond acceptors (Lipinski definition) is 7. The van der Waals surface area contributed by atoms with Crippen LogP contribution >= 0.6 is 11.8 Å². The van der Waals surface area contributed by atoms with Crippen LogP contribution in [0.25, 0.3) is 11.4 Å². The van der Waals surface area contributed by atoms with E-state index in [1.807, 2.05) is 49.4 Å². The second-order valence-electron chi connectivity index (χ2n) is 8.71.